The number of anilines is 2. The summed E-state index contributed by atoms with van der Waals surface area (Å²) in [4.78, 5) is 0. The van der Waals surface area contributed by atoms with E-state index in [1.807, 2.05) is 24.3 Å². The van der Waals surface area contributed by atoms with E-state index in [0.717, 1.165) is 11.4 Å². The zero-order valence-electron chi connectivity index (χ0n) is 13.1. The van der Waals surface area contributed by atoms with E-state index in [2.05, 4.69) is 36.5 Å². The van der Waals surface area contributed by atoms with E-state index >= 15 is 0 Å². The molecule has 2 aromatic carbocycles. The summed E-state index contributed by atoms with van der Waals surface area (Å²) < 4.78 is 0. The summed E-state index contributed by atoms with van der Waals surface area (Å²) in [6.07, 6.45) is 6.71. The molecule has 1 aliphatic rings. The maximum Gasteiger partial charge on any atom is 0.0992 e. The highest BCUT2D eigenvalue weighted by atomic mass is 14.9. The zero-order valence-corrected chi connectivity index (χ0v) is 13.1. The molecule has 1 saturated carbocycles. The van der Waals surface area contributed by atoms with Gasteiger partial charge in [-0.05, 0) is 67.1 Å². The third kappa shape index (κ3) is 3.49. The Balaban J connectivity index is 1.84. The van der Waals surface area contributed by atoms with E-state index in [9.17, 15) is 0 Å². The summed E-state index contributed by atoms with van der Waals surface area (Å²) >= 11 is 0. The van der Waals surface area contributed by atoms with Crippen LogP contribution in [-0.4, -0.2) is 0 Å². The zero-order chi connectivity index (χ0) is 15.4. The largest absolute Gasteiger partial charge is 0.355 e. The normalized spacial score (nSPS) is 15.3. The first-order valence-corrected chi connectivity index (χ1v) is 8.13. The van der Waals surface area contributed by atoms with Gasteiger partial charge in [0, 0.05) is 11.4 Å². The molecule has 1 N–H and O–H groups in total. The maximum atomic E-state index is 9.01. The van der Waals surface area contributed by atoms with Gasteiger partial charge in [0.2, 0.25) is 0 Å². The van der Waals surface area contributed by atoms with Crippen LogP contribution >= 0.6 is 0 Å². The Bertz CT molecular complexity index is 691. The number of nitriles is 1. The van der Waals surface area contributed by atoms with Gasteiger partial charge in [0.25, 0.3) is 0 Å². The second-order valence-corrected chi connectivity index (χ2v) is 6.28. The second-order valence-electron chi connectivity index (χ2n) is 6.28. The Morgan fingerprint density at radius 2 is 1.82 bits per heavy atom. The van der Waals surface area contributed by atoms with Crippen LogP contribution in [0.1, 0.15) is 54.7 Å². The number of benzene rings is 2. The molecule has 3 rings (SSSR count). The highest BCUT2D eigenvalue weighted by Gasteiger charge is 2.16. The van der Waals surface area contributed by atoms with E-state index in [1.54, 1.807) is 0 Å². The van der Waals surface area contributed by atoms with E-state index < -0.39 is 0 Å². The number of hydrogen-bond acceptors (Lipinski definition) is 2. The van der Waals surface area contributed by atoms with Crippen molar-refractivity contribution in [3.8, 4) is 6.07 Å². The van der Waals surface area contributed by atoms with Crippen molar-refractivity contribution in [3.63, 3.8) is 0 Å². The lowest BCUT2D eigenvalue weighted by Crippen LogP contribution is -2.05. The fraction of sp³-hybridized carbons (Fsp3) is 0.350. The van der Waals surface area contributed by atoms with E-state index in [4.69, 9.17) is 5.26 Å². The molecule has 0 heterocycles. The van der Waals surface area contributed by atoms with Gasteiger partial charge in [-0.25, -0.2) is 0 Å². The van der Waals surface area contributed by atoms with Gasteiger partial charge in [-0.2, -0.15) is 5.26 Å². The van der Waals surface area contributed by atoms with Crippen LogP contribution in [0, 0.1) is 18.3 Å². The van der Waals surface area contributed by atoms with Crippen molar-refractivity contribution in [1.29, 1.82) is 5.26 Å². The van der Waals surface area contributed by atoms with Crippen LogP contribution in [0.15, 0.2) is 42.5 Å². The molecule has 0 radical (unpaired) electrons. The SMILES string of the molecule is Cc1cc(Nc2cccc(C#N)c2)cc(C2CCCCC2)c1. The molecule has 0 aromatic heterocycles. The van der Waals surface area contributed by atoms with Gasteiger partial charge < -0.3 is 5.32 Å². The van der Waals surface area contributed by atoms with Crippen LogP contribution in [-0.2, 0) is 0 Å². The maximum absolute atomic E-state index is 9.01. The third-order valence-corrected chi connectivity index (χ3v) is 4.46. The molecule has 112 valence electrons. The average Bonchev–Trinajstić information content (AvgIpc) is 2.55. The summed E-state index contributed by atoms with van der Waals surface area (Å²) in [6, 6.07) is 16.6. The fourth-order valence-electron chi connectivity index (χ4n) is 3.39. The van der Waals surface area contributed by atoms with Crippen LogP contribution in [0.25, 0.3) is 0 Å². The standard InChI is InChI=1S/C20H22N2/c1-15-10-18(17-7-3-2-4-8-17)13-20(11-15)22-19-9-5-6-16(12-19)14-21/h5-6,9-13,17,22H,2-4,7-8H2,1H3. The van der Waals surface area contributed by atoms with Crippen molar-refractivity contribution in [2.45, 2.75) is 44.9 Å². The molecule has 2 aromatic rings. The van der Waals surface area contributed by atoms with Gasteiger partial charge in [-0.3, -0.25) is 0 Å². The van der Waals surface area contributed by atoms with Crippen LogP contribution in [0.4, 0.5) is 11.4 Å². The van der Waals surface area contributed by atoms with Gasteiger partial charge in [0.15, 0.2) is 0 Å². The van der Waals surface area contributed by atoms with Crippen LogP contribution in [0.2, 0.25) is 0 Å². The molecule has 1 fully saturated rings. The van der Waals surface area contributed by atoms with Crippen molar-refractivity contribution in [1.82, 2.24) is 0 Å². The molecule has 0 amide bonds. The molecule has 1 aliphatic carbocycles. The van der Waals surface area contributed by atoms with Gasteiger partial charge >= 0.3 is 0 Å². The quantitative estimate of drug-likeness (QED) is 0.792. The Morgan fingerprint density at radius 3 is 2.59 bits per heavy atom. The van der Waals surface area contributed by atoms with E-state index in [-0.39, 0.29) is 0 Å². The molecule has 2 heteroatoms. The molecule has 0 unspecified atom stereocenters. The predicted molar refractivity (Wildman–Crippen MR) is 91.4 cm³/mol. The van der Waals surface area contributed by atoms with Crippen molar-refractivity contribution in [3.05, 3.63) is 59.2 Å². The molecular formula is C20H22N2. The first-order chi connectivity index (χ1) is 10.7. The van der Waals surface area contributed by atoms with Gasteiger partial charge in [0.1, 0.15) is 0 Å². The summed E-state index contributed by atoms with van der Waals surface area (Å²) in [5.74, 6) is 0.708. The fourth-order valence-corrected chi connectivity index (χ4v) is 3.39. The third-order valence-electron chi connectivity index (χ3n) is 4.46. The first kappa shape index (κ1) is 14.7. The number of rotatable bonds is 3. The lowest BCUT2D eigenvalue weighted by Gasteiger charge is -2.23. The van der Waals surface area contributed by atoms with Crippen LogP contribution in [0.5, 0.6) is 0 Å². The topological polar surface area (TPSA) is 35.8 Å². The molecule has 0 spiro atoms. The minimum absolute atomic E-state index is 0.685. The van der Waals surface area contributed by atoms with Gasteiger partial charge in [-0.1, -0.05) is 31.4 Å². The lowest BCUT2D eigenvalue weighted by molar-refractivity contribution is 0.443. The number of aryl methyl sites for hydroxylation is 1. The van der Waals surface area contributed by atoms with Crippen molar-refractivity contribution < 1.29 is 0 Å². The van der Waals surface area contributed by atoms with Crippen molar-refractivity contribution >= 4 is 11.4 Å². The second kappa shape index (κ2) is 6.66. The molecule has 2 nitrogen and oxygen atoms in total. The lowest BCUT2D eigenvalue weighted by atomic mass is 9.83. The summed E-state index contributed by atoms with van der Waals surface area (Å²) in [5, 5.41) is 12.5. The Kier molecular flexibility index (Phi) is 4.44. The predicted octanol–water partition coefficient (Wildman–Crippen LogP) is 5.66. The Morgan fingerprint density at radius 1 is 1.00 bits per heavy atom. The van der Waals surface area contributed by atoms with Crippen molar-refractivity contribution in [2.75, 3.05) is 5.32 Å². The monoisotopic (exact) mass is 290 g/mol. The van der Waals surface area contributed by atoms with Crippen molar-refractivity contribution in [2.24, 2.45) is 0 Å². The highest BCUT2D eigenvalue weighted by Crippen LogP contribution is 2.34. The summed E-state index contributed by atoms with van der Waals surface area (Å²) in [5.41, 5.74) is 5.53. The highest BCUT2D eigenvalue weighted by molar-refractivity contribution is 5.63. The van der Waals surface area contributed by atoms with E-state index in [0.29, 0.717) is 11.5 Å². The Labute approximate surface area is 132 Å². The molecule has 0 aliphatic heterocycles. The summed E-state index contributed by atoms with van der Waals surface area (Å²) in [6.45, 7) is 2.16. The molecule has 0 atom stereocenters. The van der Waals surface area contributed by atoms with E-state index in [1.165, 1.54) is 43.2 Å². The van der Waals surface area contributed by atoms with Crippen LogP contribution in [0.3, 0.4) is 0 Å². The average molecular weight is 290 g/mol. The first-order valence-electron chi connectivity index (χ1n) is 8.13. The number of nitrogens with zero attached hydrogens (tertiary/aromatic N) is 1. The molecular weight excluding hydrogens is 268 g/mol. The molecule has 0 bridgehead atoms. The minimum Gasteiger partial charge on any atom is -0.355 e. The Hall–Kier alpha value is -2.27. The number of hydrogen-bond donors (Lipinski definition) is 1. The molecule has 0 saturated heterocycles. The number of nitrogens with one attached hydrogen (secondary N) is 1. The van der Waals surface area contributed by atoms with Gasteiger partial charge in [-0.15, -0.1) is 0 Å². The van der Waals surface area contributed by atoms with Crippen LogP contribution < -0.4 is 5.32 Å². The minimum atomic E-state index is 0.685. The molecule has 22 heavy (non-hydrogen) atoms. The van der Waals surface area contributed by atoms with Gasteiger partial charge in [0.05, 0.1) is 11.6 Å². The smallest absolute Gasteiger partial charge is 0.0992 e. The summed E-state index contributed by atoms with van der Waals surface area (Å²) in [7, 11) is 0.